The van der Waals surface area contributed by atoms with Gasteiger partial charge in [0.15, 0.2) is 0 Å². The lowest BCUT2D eigenvalue weighted by atomic mass is 9.90. The second kappa shape index (κ2) is 9.69. The third-order valence-electron chi connectivity index (χ3n) is 6.07. The van der Waals surface area contributed by atoms with Crippen molar-refractivity contribution < 1.29 is 14.3 Å². The van der Waals surface area contributed by atoms with Gasteiger partial charge in [-0.3, -0.25) is 15.0 Å². The van der Waals surface area contributed by atoms with Crippen molar-refractivity contribution in [2.75, 3.05) is 26.7 Å². The maximum atomic E-state index is 12.9. The Labute approximate surface area is 183 Å². The molecule has 1 fully saturated rings. The SMILES string of the molecule is COc1ccc(C2=CCC(=O)N(CC(=O)N3CCC(Cc4ccccc4)CC3)N2)cc1. The number of benzene rings is 2. The Balaban J connectivity index is 1.30. The van der Waals surface area contributed by atoms with Crippen LogP contribution in [0.2, 0.25) is 0 Å². The summed E-state index contributed by atoms with van der Waals surface area (Å²) >= 11 is 0. The number of hydrazine groups is 1. The lowest BCUT2D eigenvalue weighted by Crippen LogP contribution is -2.51. The fourth-order valence-electron chi connectivity index (χ4n) is 4.20. The maximum absolute atomic E-state index is 12.9. The zero-order chi connectivity index (χ0) is 21.6. The van der Waals surface area contributed by atoms with Gasteiger partial charge in [-0.05, 0) is 66.6 Å². The third-order valence-corrected chi connectivity index (χ3v) is 6.07. The van der Waals surface area contributed by atoms with Gasteiger partial charge >= 0.3 is 0 Å². The van der Waals surface area contributed by atoms with E-state index in [0.29, 0.717) is 5.92 Å². The lowest BCUT2D eigenvalue weighted by molar-refractivity contribution is -0.143. The maximum Gasteiger partial charge on any atom is 0.245 e. The number of rotatable bonds is 6. The van der Waals surface area contributed by atoms with E-state index in [-0.39, 0.29) is 24.8 Å². The molecular weight excluding hydrogens is 390 g/mol. The molecule has 0 aromatic heterocycles. The van der Waals surface area contributed by atoms with Gasteiger partial charge in [0, 0.05) is 19.5 Å². The molecular formula is C25H29N3O3. The first-order valence-electron chi connectivity index (χ1n) is 10.9. The molecule has 0 aliphatic carbocycles. The number of ether oxygens (including phenoxy) is 1. The molecule has 2 heterocycles. The summed E-state index contributed by atoms with van der Waals surface area (Å²) in [5.41, 5.74) is 6.26. The summed E-state index contributed by atoms with van der Waals surface area (Å²) in [6.07, 6.45) is 5.20. The Morgan fingerprint density at radius 2 is 1.77 bits per heavy atom. The first-order valence-corrected chi connectivity index (χ1v) is 10.9. The summed E-state index contributed by atoms with van der Waals surface area (Å²) in [5.74, 6) is 1.28. The van der Waals surface area contributed by atoms with Gasteiger partial charge in [0.1, 0.15) is 12.3 Å². The predicted molar refractivity (Wildman–Crippen MR) is 120 cm³/mol. The van der Waals surface area contributed by atoms with Crippen LogP contribution in [-0.2, 0) is 16.0 Å². The van der Waals surface area contributed by atoms with Crippen molar-refractivity contribution in [3.63, 3.8) is 0 Å². The molecule has 0 radical (unpaired) electrons. The molecule has 2 aromatic rings. The van der Waals surface area contributed by atoms with E-state index in [9.17, 15) is 9.59 Å². The molecule has 0 spiro atoms. The fraction of sp³-hybridized carbons (Fsp3) is 0.360. The van der Waals surface area contributed by atoms with Gasteiger partial charge in [-0.2, -0.15) is 0 Å². The lowest BCUT2D eigenvalue weighted by Gasteiger charge is -2.35. The summed E-state index contributed by atoms with van der Waals surface area (Å²) in [7, 11) is 1.63. The summed E-state index contributed by atoms with van der Waals surface area (Å²) in [6, 6.07) is 18.1. The van der Waals surface area contributed by atoms with Crippen LogP contribution in [0.4, 0.5) is 0 Å². The molecule has 1 N–H and O–H groups in total. The van der Waals surface area contributed by atoms with Crippen molar-refractivity contribution in [2.45, 2.75) is 25.7 Å². The van der Waals surface area contributed by atoms with Crippen molar-refractivity contribution in [1.29, 1.82) is 0 Å². The summed E-state index contributed by atoms with van der Waals surface area (Å²) in [5, 5.41) is 1.44. The van der Waals surface area contributed by atoms with E-state index in [2.05, 4.69) is 29.7 Å². The Hall–Kier alpha value is -3.28. The van der Waals surface area contributed by atoms with Gasteiger partial charge in [0.05, 0.1) is 12.8 Å². The molecule has 0 bridgehead atoms. The minimum absolute atomic E-state index is 0.00464. The average Bonchev–Trinajstić information content (AvgIpc) is 2.82. The predicted octanol–water partition coefficient (Wildman–Crippen LogP) is 3.25. The van der Waals surface area contributed by atoms with E-state index in [1.807, 2.05) is 41.3 Å². The molecule has 2 amide bonds. The third kappa shape index (κ3) is 5.26. The van der Waals surface area contributed by atoms with Gasteiger partial charge in [0.2, 0.25) is 11.8 Å². The first kappa shape index (κ1) is 21.0. The number of nitrogens with zero attached hydrogens (tertiary/aromatic N) is 2. The van der Waals surface area contributed by atoms with Crippen molar-refractivity contribution in [2.24, 2.45) is 5.92 Å². The Kier molecular flexibility index (Phi) is 6.55. The zero-order valence-corrected chi connectivity index (χ0v) is 17.9. The summed E-state index contributed by atoms with van der Waals surface area (Å²) in [4.78, 5) is 27.1. The second-order valence-electron chi connectivity index (χ2n) is 8.16. The smallest absolute Gasteiger partial charge is 0.245 e. The normalized spacial score (nSPS) is 17.2. The zero-order valence-electron chi connectivity index (χ0n) is 17.9. The number of nitrogens with one attached hydrogen (secondary N) is 1. The minimum Gasteiger partial charge on any atom is -0.497 e. The minimum atomic E-state index is -0.0930. The molecule has 0 atom stereocenters. The quantitative estimate of drug-likeness (QED) is 0.781. The number of likely N-dealkylation sites (tertiary alicyclic amines) is 1. The van der Waals surface area contributed by atoms with Gasteiger partial charge in [-0.15, -0.1) is 0 Å². The van der Waals surface area contributed by atoms with Crippen LogP contribution in [0.3, 0.4) is 0 Å². The second-order valence-corrected chi connectivity index (χ2v) is 8.16. The number of carbonyl (C=O) groups is 2. The highest BCUT2D eigenvalue weighted by molar-refractivity contribution is 5.88. The van der Waals surface area contributed by atoms with Crippen molar-refractivity contribution in [3.8, 4) is 5.75 Å². The molecule has 4 rings (SSSR count). The largest absolute Gasteiger partial charge is 0.497 e. The summed E-state index contributed by atoms with van der Waals surface area (Å²) < 4.78 is 5.20. The van der Waals surface area contributed by atoms with Crippen molar-refractivity contribution in [1.82, 2.24) is 15.3 Å². The number of hydrogen-bond donors (Lipinski definition) is 1. The number of methoxy groups -OCH3 is 1. The van der Waals surface area contributed by atoms with E-state index >= 15 is 0 Å². The van der Waals surface area contributed by atoms with Crippen LogP contribution < -0.4 is 10.2 Å². The van der Waals surface area contributed by atoms with Crippen molar-refractivity contribution in [3.05, 3.63) is 71.8 Å². The number of piperidine rings is 1. The number of amides is 2. The Morgan fingerprint density at radius 3 is 2.45 bits per heavy atom. The van der Waals surface area contributed by atoms with Gasteiger partial charge in [-0.25, -0.2) is 5.01 Å². The Bertz CT molecular complexity index is 932. The number of carbonyl (C=O) groups excluding carboxylic acids is 2. The highest BCUT2D eigenvalue weighted by atomic mass is 16.5. The van der Waals surface area contributed by atoms with Gasteiger partial charge in [0.25, 0.3) is 0 Å². The van der Waals surface area contributed by atoms with E-state index in [0.717, 1.165) is 49.4 Å². The van der Waals surface area contributed by atoms with E-state index in [4.69, 9.17) is 4.74 Å². The van der Waals surface area contributed by atoms with E-state index in [1.54, 1.807) is 7.11 Å². The molecule has 162 valence electrons. The average molecular weight is 420 g/mol. The van der Waals surface area contributed by atoms with E-state index in [1.165, 1.54) is 10.6 Å². The molecule has 1 saturated heterocycles. The molecule has 31 heavy (non-hydrogen) atoms. The van der Waals surface area contributed by atoms with Gasteiger partial charge in [-0.1, -0.05) is 30.3 Å². The fourth-order valence-corrected chi connectivity index (χ4v) is 4.20. The molecule has 2 aliphatic rings. The van der Waals surface area contributed by atoms with Crippen LogP contribution >= 0.6 is 0 Å². The molecule has 2 aliphatic heterocycles. The molecule has 6 heteroatoms. The van der Waals surface area contributed by atoms with E-state index < -0.39 is 0 Å². The molecule has 0 saturated carbocycles. The van der Waals surface area contributed by atoms with Crippen LogP contribution in [0.5, 0.6) is 5.75 Å². The van der Waals surface area contributed by atoms with Crippen LogP contribution in [0.25, 0.3) is 5.70 Å². The van der Waals surface area contributed by atoms with Crippen molar-refractivity contribution >= 4 is 17.5 Å². The monoisotopic (exact) mass is 419 g/mol. The van der Waals surface area contributed by atoms with Gasteiger partial charge < -0.3 is 9.64 Å². The topological polar surface area (TPSA) is 61.9 Å². The highest BCUT2D eigenvalue weighted by Crippen LogP contribution is 2.23. The molecule has 0 unspecified atom stereocenters. The molecule has 2 aromatic carbocycles. The molecule has 6 nitrogen and oxygen atoms in total. The van der Waals surface area contributed by atoms with Crippen LogP contribution in [0.15, 0.2) is 60.7 Å². The summed E-state index contributed by atoms with van der Waals surface area (Å²) in [6.45, 7) is 1.55. The first-order chi connectivity index (χ1) is 15.1. The van der Waals surface area contributed by atoms with Crippen LogP contribution in [0.1, 0.15) is 30.4 Å². The Morgan fingerprint density at radius 1 is 1.06 bits per heavy atom. The van der Waals surface area contributed by atoms with Crippen LogP contribution in [0, 0.1) is 5.92 Å². The van der Waals surface area contributed by atoms with Crippen LogP contribution in [-0.4, -0.2) is 48.5 Å². The number of hydrogen-bond acceptors (Lipinski definition) is 4. The highest BCUT2D eigenvalue weighted by Gasteiger charge is 2.27. The standard InChI is InChI=1S/C25H29N3O3/c1-31-22-9-7-21(8-10-22)23-11-12-24(29)28(26-23)18-25(30)27-15-13-20(14-16-27)17-19-5-3-2-4-6-19/h2-11,20,26H,12-18H2,1H3.